The summed E-state index contributed by atoms with van der Waals surface area (Å²) in [7, 11) is 0. The molecule has 11 heavy (non-hydrogen) atoms. The molecule has 0 amide bonds. The Hall–Kier alpha value is -0.0400. The first-order valence-electron chi connectivity index (χ1n) is 4.67. The normalized spacial score (nSPS) is 62.2. The first kappa shape index (κ1) is 7.60. The third kappa shape index (κ3) is 0.703. The zero-order valence-electron chi connectivity index (χ0n) is 7.72. The van der Waals surface area contributed by atoms with Gasteiger partial charge in [0.25, 0.3) is 0 Å². The van der Waals surface area contributed by atoms with Crippen LogP contribution < -0.4 is 0 Å². The van der Waals surface area contributed by atoms with Crippen LogP contribution in [0.1, 0.15) is 40.0 Å². The highest BCUT2D eigenvalue weighted by Crippen LogP contribution is 2.64. The van der Waals surface area contributed by atoms with Crippen LogP contribution in [0.15, 0.2) is 0 Å². The van der Waals surface area contributed by atoms with Crippen molar-refractivity contribution in [3.8, 4) is 0 Å². The molecule has 2 rings (SSSR count). The Morgan fingerprint density at radius 2 is 1.91 bits per heavy atom. The van der Waals surface area contributed by atoms with Gasteiger partial charge in [0, 0.05) is 0 Å². The second kappa shape index (κ2) is 1.82. The highest BCUT2D eigenvalue weighted by molar-refractivity contribution is 5.09. The first-order valence-corrected chi connectivity index (χ1v) is 4.67. The Kier molecular flexibility index (Phi) is 1.26. The molecular formula is C10H18O. The molecular weight excluding hydrogens is 136 g/mol. The number of rotatable bonds is 0. The van der Waals surface area contributed by atoms with E-state index in [2.05, 4.69) is 20.8 Å². The molecule has 0 radical (unpaired) electrons. The fourth-order valence-electron chi connectivity index (χ4n) is 3.19. The van der Waals surface area contributed by atoms with Crippen LogP contribution in [0.4, 0.5) is 0 Å². The largest absolute Gasteiger partial charge is 0.393 e. The first-order chi connectivity index (χ1) is 4.99. The molecule has 2 saturated carbocycles. The lowest BCUT2D eigenvalue weighted by molar-refractivity contribution is 0.0380. The van der Waals surface area contributed by atoms with Crippen LogP contribution in [-0.2, 0) is 0 Å². The standard InChI is InChI=1S/C10H18O/c1-7-9(2)4-5-10(7,3)8(11)6-9/h7-8,11H,4-6H2,1-3H3/t7?,8-,9+,10+/m1/s1. The van der Waals surface area contributed by atoms with E-state index in [-0.39, 0.29) is 11.5 Å². The Balaban J connectivity index is 2.37. The molecule has 1 nitrogen and oxygen atoms in total. The van der Waals surface area contributed by atoms with E-state index in [4.69, 9.17) is 0 Å². The predicted molar refractivity (Wildman–Crippen MR) is 45.2 cm³/mol. The van der Waals surface area contributed by atoms with Crippen LogP contribution in [0.25, 0.3) is 0 Å². The maximum absolute atomic E-state index is 9.81. The van der Waals surface area contributed by atoms with Crippen LogP contribution in [-0.4, -0.2) is 11.2 Å². The molecule has 0 aliphatic heterocycles. The van der Waals surface area contributed by atoms with Gasteiger partial charge >= 0.3 is 0 Å². The number of hydrogen-bond acceptors (Lipinski definition) is 1. The molecule has 2 bridgehead atoms. The number of fused-ring (bicyclic) bond motifs is 2. The summed E-state index contributed by atoms with van der Waals surface area (Å²) in [5.74, 6) is 0.713. The van der Waals surface area contributed by atoms with Gasteiger partial charge in [0.05, 0.1) is 6.10 Å². The van der Waals surface area contributed by atoms with Gasteiger partial charge in [-0.3, -0.25) is 0 Å². The third-order valence-corrected chi connectivity index (χ3v) is 4.69. The highest BCUT2D eigenvalue weighted by atomic mass is 16.3. The minimum atomic E-state index is -0.0313. The predicted octanol–water partition coefficient (Wildman–Crippen LogP) is 2.19. The maximum atomic E-state index is 9.81. The van der Waals surface area contributed by atoms with Crippen molar-refractivity contribution in [2.75, 3.05) is 0 Å². The average Bonchev–Trinajstić information content (AvgIpc) is 2.23. The molecule has 0 saturated heterocycles. The molecule has 1 unspecified atom stereocenters. The van der Waals surface area contributed by atoms with Crippen molar-refractivity contribution in [3.63, 3.8) is 0 Å². The van der Waals surface area contributed by atoms with E-state index in [9.17, 15) is 5.11 Å². The van der Waals surface area contributed by atoms with Crippen LogP contribution >= 0.6 is 0 Å². The third-order valence-electron chi connectivity index (χ3n) is 4.69. The topological polar surface area (TPSA) is 20.2 Å². The van der Waals surface area contributed by atoms with Gasteiger partial charge in [-0.25, -0.2) is 0 Å². The van der Waals surface area contributed by atoms with Gasteiger partial charge in [-0.1, -0.05) is 20.8 Å². The van der Waals surface area contributed by atoms with Gasteiger partial charge in [0.15, 0.2) is 0 Å². The summed E-state index contributed by atoms with van der Waals surface area (Å²) in [6.07, 6.45) is 3.55. The average molecular weight is 154 g/mol. The van der Waals surface area contributed by atoms with E-state index in [0.717, 1.165) is 6.42 Å². The molecule has 2 aliphatic rings. The smallest absolute Gasteiger partial charge is 0.0601 e. The summed E-state index contributed by atoms with van der Waals surface area (Å²) in [5, 5.41) is 9.81. The van der Waals surface area contributed by atoms with Gasteiger partial charge in [0.2, 0.25) is 0 Å². The lowest BCUT2D eigenvalue weighted by Crippen LogP contribution is -2.29. The van der Waals surface area contributed by atoms with Crippen molar-refractivity contribution >= 4 is 0 Å². The zero-order valence-corrected chi connectivity index (χ0v) is 7.72. The minimum absolute atomic E-state index is 0.0313. The quantitative estimate of drug-likeness (QED) is 0.567. The summed E-state index contributed by atoms with van der Waals surface area (Å²) in [6.45, 7) is 6.89. The lowest BCUT2D eigenvalue weighted by atomic mass is 9.79. The van der Waals surface area contributed by atoms with Crippen molar-refractivity contribution in [1.82, 2.24) is 0 Å². The minimum Gasteiger partial charge on any atom is -0.393 e. The number of hydrogen-bond donors (Lipinski definition) is 1. The van der Waals surface area contributed by atoms with E-state index < -0.39 is 0 Å². The van der Waals surface area contributed by atoms with E-state index in [1.165, 1.54) is 12.8 Å². The summed E-state index contributed by atoms with van der Waals surface area (Å²) < 4.78 is 0. The Morgan fingerprint density at radius 1 is 1.27 bits per heavy atom. The van der Waals surface area contributed by atoms with E-state index >= 15 is 0 Å². The second-order valence-electron chi connectivity index (χ2n) is 5.10. The van der Waals surface area contributed by atoms with E-state index in [1.807, 2.05) is 0 Å². The molecule has 2 fully saturated rings. The van der Waals surface area contributed by atoms with Crippen LogP contribution in [0.3, 0.4) is 0 Å². The van der Waals surface area contributed by atoms with E-state index in [0.29, 0.717) is 11.3 Å². The van der Waals surface area contributed by atoms with Crippen molar-refractivity contribution < 1.29 is 5.11 Å². The highest BCUT2D eigenvalue weighted by Gasteiger charge is 2.59. The maximum Gasteiger partial charge on any atom is 0.0601 e. The Bertz CT molecular complexity index is 189. The van der Waals surface area contributed by atoms with Crippen LogP contribution in [0, 0.1) is 16.7 Å². The monoisotopic (exact) mass is 154 g/mol. The molecule has 0 aromatic carbocycles. The molecule has 0 aromatic heterocycles. The van der Waals surface area contributed by atoms with Gasteiger partial charge < -0.3 is 5.11 Å². The van der Waals surface area contributed by atoms with Gasteiger partial charge in [-0.05, 0) is 36.0 Å². The summed E-state index contributed by atoms with van der Waals surface area (Å²) in [4.78, 5) is 0. The zero-order chi connectivity index (χ0) is 8.28. The molecule has 0 aromatic rings. The van der Waals surface area contributed by atoms with Gasteiger partial charge in [0.1, 0.15) is 0 Å². The summed E-state index contributed by atoms with van der Waals surface area (Å²) in [5.41, 5.74) is 0.697. The fraction of sp³-hybridized carbons (Fsp3) is 1.00. The Morgan fingerprint density at radius 3 is 2.09 bits per heavy atom. The molecule has 64 valence electrons. The van der Waals surface area contributed by atoms with Crippen molar-refractivity contribution in [3.05, 3.63) is 0 Å². The second-order valence-corrected chi connectivity index (χ2v) is 5.10. The van der Waals surface area contributed by atoms with Crippen LogP contribution in [0.2, 0.25) is 0 Å². The molecule has 2 aliphatic carbocycles. The fourth-order valence-corrected chi connectivity index (χ4v) is 3.19. The summed E-state index contributed by atoms with van der Waals surface area (Å²) >= 11 is 0. The van der Waals surface area contributed by atoms with Crippen molar-refractivity contribution in [1.29, 1.82) is 0 Å². The summed E-state index contributed by atoms with van der Waals surface area (Å²) in [6, 6.07) is 0. The molecule has 1 N–H and O–H groups in total. The lowest BCUT2D eigenvalue weighted by Gasteiger charge is -2.29. The molecule has 0 heterocycles. The van der Waals surface area contributed by atoms with Gasteiger partial charge in [-0.2, -0.15) is 0 Å². The van der Waals surface area contributed by atoms with E-state index in [1.54, 1.807) is 0 Å². The molecule has 0 spiro atoms. The number of aliphatic hydroxyl groups is 1. The number of aliphatic hydroxyl groups excluding tert-OH is 1. The van der Waals surface area contributed by atoms with Crippen molar-refractivity contribution in [2.45, 2.75) is 46.1 Å². The molecule has 1 heteroatoms. The van der Waals surface area contributed by atoms with Crippen LogP contribution in [0.5, 0.6) is 0 Å². The molecule has 4 atom stereocenters. The van der Waals surface area contributed by atoms with Gasteiger partial charge in [-0.15, -0.1) is 0 Å². The Labute approximate surface area is 68.8 Å². The SMILES string of the molecule is CC1[C@@]2(C)CC[C@]1(C)[C@H](O)C2. The van der Waals surface area contributed by atoms with Crippen molar-refractivity contribution in [2.24, 2.45) is 16.7 Å².